The molecule has 206 valence electrons. The highest BCUT2D eigenvalue weighted by Crippen LogP contribution is 2.52. The maximum Gasteiger partial charge on any atom is 0.274 e. The maximum atomic E-state index is 6.45. The van der Waals surface area contributed by atoms with Crippen LogP contribution in [0.25, 0.3) is 0 Å². The number of hydrogen-bond donors (Lipinski definition) is 0. The van der Waals surface area contributed by atoms with Gasteiger partial charge in [0.2, 0.25) is 0 Å². The first-order valence-corrected chi connectivity index (χ1v) is 19.7. The van der Waals surface area contributed by atoms with E-state index in [4.69, 9.17) is 14.2 Å². The summed E-state index contributed by atoms with van der Waals surface area (Å²) in [6.07, 6.45) is 4.38. The molecule has 0 fully saturated rings. The minimum Gasteiger partial charge on any atom is -0.317 e. The molecular weight excluding hydrogens is 1270 g/mol. The Balaban J connectivity index is 1.99. The largest absolute Gasteiger partial charge is 0.317 e. The molecule has 0 aromatic heterocycles. The summed E-state index contributed by atoms with van der Waals surface area (Å²) in [7, 11) is 0. The molecule has 6 unspecified atom stereocenters. The summed E-state index contributed by atoms with van der Waals surface area (Å²) in [6, 6.07) is 0. The quantitative estimate of drug-likeness (QED) is 0.196. The van der Waals surface area contributed by atoms with Crippen LogP contribution in [0, 0.1) is 0 Å². The highest BCUT2D eigenvalue weighted by atomic mass is 79.9. The van der Waals surface area contributed by atoms with E-state index in [0.29, 0.717) is 0 Å². The smallest absolute Gasteiger partial charge is 0.274 e. The molecule has 0 bridgehead atoms. The molecule has 0 aliphatic heterocycles. The van der Waals surface area contributed by atoms with Crippen molar-refractivity contribution in [2.75, 3.05) is 0 Å². The van der Waals surface area contributed by atoms with Gasteiger partial charge in [0.25, 0.3) is 6.48 Å². The Bertz CT molecular complexity index is 1020. The van der Waals surface area contributed by atoms with Crippen LogP contribution in [-0.4, -0.2) is 37.8 Å². The summed E-state index contributed by atoms with van der Waals surface area (Å²) in [4.78, 5) is 0. The molecule has 0 spiro atoms. The molecule has 0 saturated heterocycles. The Morgan fingerprint density at radius 1 is 0.514 bits per heavy atom. The average Bonchev–Trinajstić information content (AvgIpc) is 2.81. The third-order valence-corrected chi connectivity index (χ3v) is 22.3. The third kappa shape index (κ3) is 7.49. The topological polar surface area (TPSA) is 27.7 Å². The molecule has 6 atom stereocenters. The predicted octanol–water partition coefficient (Wildman–Crippen LogP) is 12.8. The molecule has 0 heterocycles. The van der Waals surface area contributed by atoms with Gasteiger partial charge in [-0.05, 0) is 39.0 Å². The van der Waals surface area contributed by atoms with E-state index in [1.54, 1.807) is 0 Å². The maximum absolute atomic E-state index is 6.45. The molecule has 3 aliphatic carbocycles. The van der Waals surface area contributed by atoms with Gasteiger partial charge in [0.1, 0.15) is 18.3 Å². The van der Waals surface area contributed by atoms with E-state index in [-0.39, 0.29) is 0 Å². The Morgan fingerprint density at radius 3 is 0.946 bits per heavy atom. The second-order valence-electron chi connectivity index (χ2n) is 8.50. The molecule has 3 rings (SSSR count). The van der Waals surface area contributed by atoms with E-state index in [1.165, 1.54) is 0 Å². The van der Waals surface area contributed by atoms with E-state index >= 15 is 0 Å². The normalized spacial score (nSPS) is 38.0. The summed E-state index contributed by atoms with van der Waals surface area (Å²) in [5.74, 6) is 0. The van der Waals surface area contributed by atoms with Crippen molar-refractivity contribution in [3.05, 3.63) is 58.6 Å². The molecule has 15 heteroatoms. The van der Waals surface area contributed by atoms with Crippen molar-refractivity contribution in [3.8, 4) is 0 Å². The lowest BCUT2D eigenvalue weighted by atomic mass is 10.0. The summed E-state index contributed by atoms with van der Waals surface area (Å²) in [6.45, 7) is 5.00. The lowest BCUT2D eigenvalue weighted by Crippen LogP contribution is -2.38. The Hall–Kier alpha value is 4.08. The zero-order valence-electron chi connectivity index (χ0n) is 18.8. The molecule has 0 saturated carbocycles. The van der Waals surface area contributed by atoms with Gasteiger partial charge in [0, 0.05) is 40.3 Å². The van der Waals surface area contributed by atoms with E-state index in [2.05, 4.69) is 191 Å². The zero-order chi connectivity index (χ0) is 28.2. The second-order valence-corrected chi connectivity index (χ2v) is 20.8. The number of allylic oxidation sites excluding steroid dienone is 6. The number of ether oxygens (including phenoxy) is 3. The van der Waals surface area contributed by atoms with Crippen molar-refractivity contribution < 1.29 is 14.2 Å². The first kappa shape index (κ1) is 35.6. The van der Waals surface area contributed by atoms with Gasteiger partial charge in [0.05, 0.1) is 13.0 Å². The average molecular weight is 1290 g/mol. The van der Waals surface area contributed by atoms with Crippen LogP contribution in [0.3, 0.4) is 0 Å². The standard InChI is InChI=1S/C22H16Br12O3/c1-20(32)10(23)4-7(13(26)16(20)29)35-19(36-8-5-11(24)21(2,33)17(30)14(8)27)37-9-6-12(25)22(3,34)18(31)15(9)28/h4-9,19H,1-3H3. The molecule has 37 heavy (non-hydrogen) atoms. The van der Waals surface area contributed by atoms with Crippen molar-refractivity contribution >= 4 is 191 Å². The van der Waals surface area contributed by atoms with Crippen LogP contribution in [0.4, 0.5) is 0 Å². The molecule has 3 nitrogen and oxygen atoms in total. The van der Waals surface area contributed by atoms with E-state index in [1.807, 2.05) is 39.0 Å². The first-order valence-electron chi connectivity index (χ1n) is 10.2. The van der Waals surface area contributed by atoms with Gasteiger partial charge in [-0.2, -0.15) is 0 Å². The summed E-state index contributed by atoms with van der Waals surface area (Å²) in [5, 5.41) is 0. The Morgan fingerprint density at radius 2 is 0.730 bits per heavy atom. The van der Waals surface area contributed by atoms with Crippen LogP contribution >= 0.6 is 191 Å². The van der Waals surface area contributed by atoms with Gasteiger partial charge in [-0.15, -0.1) is 0 Å². The minimum absolute atomic E-state index is 0.426. The van der Waals surface area contributed by atoms with Crippen molar-refractivity contribution in [1.82, 2.24) is 0 Å². The molecule has 0 aromatic rings. The monoisotopic (exact) mass is 1280 g/mol. The Labute approximate surface area is 317 Å². The number of alkyl halides is 3. The van der Waals surface area contributed by atoms with Crippen LogP contribution in [0.15, 0.2) is 58.6 Å². The molecule has 0 radical (unpaired) electrons. The Kier molecular flexibility index (Phi) is 13.1. The van der Waals surface area contributed by atoms with E-state index in [0.717, 1.165) is 40.3 Å². The van der Waals surface area contributed by atoms with Gasteiger partial charge in [-0.1, -0.05) is 191 Å². The molecule has 0 amide bonds. The SMILES string of the molecule is CC1(Br)C(Br)=CC(OC(OC2C=C(Br)C(C)(Br)C(Br)=C2Br)OC2C=C(Br)C(C)(Br)C(Br)=C2Br)C(Br)=C1Br. The summed E-state index contributed by atoms with van der Waals surface area (Å²) >= 11 is 44.4. The fourth-order valence-electron chi connectivity index (χ4n) is 3.20. The predicted molar refractivity (Wildman–Crippen MR) is 196 cm³/mol. The van der Waals surface area contributed by atoms with Crippen LogP contribution < -0.4 is 0 Å². The third-order valence-electron chi connectivity index (χ3n) is 5.63. The molecule has 0 N–H and O–H groups in total. The van der Waals surface area contributed by atoms with Crippen LogP contribution in [0.1, 0.15) is 20.8 Å². The fraction of sp³-hybridized carbons (Fsp3) is 0.455. The molecule has 0 aromatic carbocycles. The molecule has 3 aliphatic rings. The van der Waals surface area contributed by atoms with E-state index in [9.17, 15) is 0 Å². The van der Waals surface area contributed by atoms with Gasteiger partial charge in [-0.25, -0.2) is 0 Å². The van der Waals surface area contributed by atoms with Crippen LogP contribution in [-0.2, 0) is 14.2 Å². The second kappa shape index (κ2) is 13.6. The van der Waals surface area contributed by atoms with Crippen molar-refractivity contribution in [1.29, 1.82) is 0 Å². The molecular formula is C22H16Br12O3. The van der Waals surface area contributed by atoms with Gasteiger partial charge in [0.15, 0.2) is 0 Å². The first-order chi connectivity index (χ1) is 16.8. The van der Waals surface area contributed by atoms with Gasteiger partial charge in [-0.3, -0.25) is 0 Å². The van der Waals surface area contributed by atoms with Crippen molar-refractivity contribution in [3.63, 3.8) is 0 Å². The van der Waals surface area contributed by atoms with Gasteiger partial charge >= 0.3 is 0 Å². The fourth-order valence-corrected chi connectivity index (χ4v) is 10.4. The zero-order valence-corrected chi connectivity index (χ0v) is 37.8. The summed E-state index contributed by atoms with van der Waals surface area (Å²) < 4.78 is 25.8. The van der Waals surface area contributed by atoms with Crippen molar-refractivity contribution in [2.24, 2.45) is 0 Å². The van der Waals surface area contributed by atoms with Crippen LogP contribution in [0.2, 0.25) is 0 Å². The summed E-state index contributed by atoms with van der Waals surface area (Å²) in [5.41, 5.74) is 0. The number of halogens is 12. The highest BCUT2D eigenvalue weighted by Gasteiger charge is 2.42. The van der Waals surface area contributed by atoms with Crippen LogP contribution in [0.5, 0.6) is 0 Å². The minimum atomic E-state index is -1.09. The van der Waals surface area contributed by atoms with Gasteiger partial charge < -0.3 is 14.2 Å². The number of rotatable bonds is 6. The van der Waals surface area contributed by atoms with E-state index < -0.39 is 37.8 Å². The lowest BCUT2D eigenvalue weighted by molar-refractivity contribution is -0.305. The highest BCUT2D eigenvalue weighted by molar-refractivity contribution is 9.17. The number of hydrogen-bond acceptors (Lipinski definition) is 3. The van der Waals surface area contributed by atoms with Crippen molar-refractivity contribution in [2.45, 2.75) is 58.5 Å². The lowest BCUT2D eigenvalue weighted by Gasteiger charge is -2.37.